The Morgan fingerprint density at radius 1 is 1.29 bits per heavy atom. The first kappa shape index (κ1) is 16.1. The van der Waals surface area contributed by atoms with E-state index in [0.29, 0.717) is 12.1 Å². The number of likely N-dealkylation sites (tertiary alicyclic amines) is 1. The van der Waals surface area contributed by atoms with E-state index in [4.69, 9.17) is 15.2 Å². The summed E-state index contributed by atoms with van der Waals surface area (Å²) in [6.45, 7) is 5.44. The third-order valence-corrected chi connectivity index (χ3v) is 4.67. The molecule has 0 radical (unpaired) electrons. The van der Waals surface area contributed by atoms with Gasteiger partial charge in [0.25, 0.3) is 0 Å². The van der Waals surface area contributed by atoms with Crippen molar-refractivity contribution in [1.82, 2.24) is 4.90 Å². The summed E-state index contributed by atoms with van der Waals surface area (Å²) in [6, 6.07) is 7.10. The molecule has 0 spiro atoms. The Balaban J connectivity index is 2.14. The van der Waals surface area contributed by atoms with Gasteiger partial charge in [0, 0.05) is 36.3 Å². The molecule has 0 amide bonds. The Labute approximate surface area is 128 Å². The van der Waals surface area contributed by atoms with Gasteiger partial charge in [-0.05, 0) is 32.3 Å². The molecule has 2 rings (SSSR count). The molecule has 0 bridgehead atoms. The highest BCUT2D eigenvalue weighted by Crippen LogP contribution is 2.32. The molecule has 1 aliphatic rings. The van der Waals surface area contributed by atoms with E-state index < -0.39 is 0 Å². The zero-order valence-corrected chi connectivity index (χ0v) is 13.6. The van der Waals surface area contributed by atoms with Gasteiger partial charge in [-0.3, -0.25) is 4.90 Å². The van der Waals surface area contributed by atoms with Crippen LogP contribution in [0.4, 0.5) is 0 Å². The summed E-state index contributed by atoms with van der Waals surface area (Å²) >= 11 is 0. The van der Waals surface area contributed by atoms with Gasteiger partial charge in [-0.15, -0.1) is 0 Å². The Hall–Kier alpha value is -1.26. The fourth-order valence-corrected chi connectivity index (χ4v) is 3.34. The fourth-order valence-electron chi connectivity index (χ4n) is 3.34. The Bertz CT molecular complexity index is 464. The highest BCUT2D eigenvalue weighted by molar-refractivity contribution is 5.42. The Morgan fingerprint density at radius 3 is 2.67 bits per heavy atom. The van der Waals surface area contributed by atoms with Crippen molar-refractivity contribution in [2.45, 2.75) is 51.2 Å². The first-order chi connectivity index (χ1) is 10.1. The molecule has 0 saturated carbocycles. The van der Waals surface area contributed by atoms with Crippen LogP contribution in [0.25, 0.3) is 0 Å². The number of rotatable bonds is 6. The average molecular weight is 292 g/mol. The van der Waals surface area contributed by atoms with Crippen molar-refractivity contribution in [3.63, 3.8) is 0 Å². The van der Waals surface area contributed by atoms with Crippen LogP contribution in [-0.4, -0.2) is 37.7 Å². The van der Waals surface area contributed by atoms with Gasteiger partial charge in [0.15, 0.2) is 0 Å². The predicted octanol–water partition coefficient (Wildman–Crippen LogP) is 2.97. The Morgan fingerprint density at radius 2 is 2.05 bits per heavy atom. The molecule has 1 heterocycles. The molecule has 21 heavy (non-hydrogen) atoms. The van der Waals surface area contributed by atoms with Gasteiger partial charge in [0.1, 0.15) is 11.5 Å². The lowest BCUT2D eigenvalue weighted by Gasteiger charge is -2.31. The van der Waals surface area contributed by atoms with Gasteiger partial charge >= 0.3 is 0 Å². The molecule has 1 aromatic rings. The van der Waals surface area contributed by atoms with Crippen LogP contribution in [-0.2, 0) is 0 Å². The minimum Gasteiger partial charge on any atom is -0.497 e. The maximum absolute atomic E-state index is 6.46. The van der Waals surface area contributed by atoms with Crippen LogP contribution in [0.2, 0.25) is 0 Å². The average Bonchev–Trinajstić information content (AvgIpc) is 2.86. The molecule has 1 saturated heterocycles. The van der Waals surface area contributed by atoms with Crippen LogP contribution >= 0.6 is 0 Å². The van der Waals surface area contributed by atoms with E-state index in [0.717, 1.165) is 23.6 Å². The van der Waals surface area contributed by atoms with Gasteiger partial charge < -0.3 is 15.2 Å². The lowest BCUT2D eigenvalue weighted by molar-refractivity contribution is 0.186. The number of hydrogen-bond acceptors (Lipinski definition) is 4. The second-order valence-electron chi connectivity index (χ2n) is 5.90. The van der Waals surface area contributed by atoms with Crippen molar-refractivity contribution >= 4 is 0 Å². The van der Waals surface area contributed by atoms with Crippen LogP contribution in [0.3, 0.4) is 0 Å². The second kappa shape index (κ2) is 7.14. The van der Waals surface area contributed by atoms with E-state index in [9.17, 15) is 0 Å². The molecule has 118 valence electrons. The largest absolute Gasteiger partial charge is 0.497 e. The van der Waals surface area contributed by atoms with E-state index >= 15 is 0 Å². The highest BCUT2D eigenvalue weighted by Gasteiger charge is 2.31. The van der Waals surface area contributed by atoms with E-state index in [1.54, 1.807) is 14.2 Å². The molecular weight excluding hydrogens is 264 g/mol. The minimum absolute atomic E-state index is 0.0412. The summed E-state index contributed by atoms with van der Waals surface area (Å²) in [6.07, 6.45) is 3.74. The van der Waals surface area contributed by atoms with Gasteiger partial charge in [-0.2, -0.15) is 0 Å². The van der Waals surface area contributed by atoms with E-state index in [1.807, 2.05) is 18.2 Å². The minimum atomic E-state index is -0.0412. The number of hydrogen-bond donors (Lipinski definition) is 1. The molecule has 4 heteroatoms. The zero-order valence-electron chi connectivity index (χ0n) is 13.6. The molecule has 4 nitrogen and oxygen atoms in total. The van der Waals surface area contributed by atoms with E-state index in [2.05, 4.69) is 18.7 Å². The van der Waals surface area contributed by atoms with Crippen molar-refractivity contribution in [2.75, 3.05) is 20.8 Å². The molecule has 0 aromatic heterocycles. The quantitative estimate of drug-likeness (QED) is 0.875. The summed E-state index contributed by atoms with van der Waals surface area (Å²) in [7, 11) is 3.34. The standard InChI is InChI=1S/C17H28N2O2/c1-5-13-7-6-12(2)19(13)11-16(18)15-9-8-14(20-3)10-17(15)21-4/h8-10,12-13,16H,5-7,11,18H2,1-4H3. The maximum Gasteiger partial charge on any atom is 0.127 e. The number of ether oxygens (including phenoxy) is 2. The van der Waals surface area contributed by atoms with Crippen LogP contribution in [0, 0.1) is 0 Å². The summed E-state index contributed by atoms with van der Waals surface area (Å²) < 4.78 is 10.7. The summed E-state index contributed by atoms with van der Waals surface area (Å²) in [5, 5.41) is 0. The third-order valence-electron chi connectivity index (χ3n) is 4.67. The van der Waals surface area contributed by atoms with Gasteiger partial charge in [-0.25, -0.2) is 0 Å². The normalized spacial score (nSPS) is 24.0. The molecule has 1 aliphatic heterocycles. The Kier molecular flexibility index (Phi) is 5.48. The molecular formula is C17H28N2O2. The lowest BCUT2D eigenvalue weighted by atomic mass is 10.0. The third kappa shape index (κ3) is 3.50. The van der Waals surface area contributed by atoms with E-state index in [-0.39, 0.29) is 6.04 Å². The van der Waals surface area contributed by atoms with Crippen molar-refractivity contribution in [3.8, 4) is 11.5 Å². The van der Waals surface area contributed by atoms with Crippen LogP contribution in [0.1, 0.15) is 44.7 Å². The van der Waals surface area contributed by atoms with Crippen molar-refractivity contribution in [1.29, 1.82) is 0 Å². The van der Waals surface area contributed by atoms with E-state index in [1.165, 1.54) is 19.3 Å². The van der Waals surface area contributed by atoms with Crippen LogP contribution in [0.15, 0.2) is 18.2 Å². The number of nitrogens with two attached hydrogens (primary N) is 1. The lowest BCUT2D eigenvalue weighted by Crippen LogP contribution is -2.39. The molecule has 3 atom stereocenters. The van der Waals surface area contributed by atoms with Gasteiger partial charge in [-0.1, -0.05) is 13.0 Å². The summed E-state index contributed by atoms with van der Waals surface area (Å²) in [5.74, 6) is 1.60. The maximum atomic E-state index is 6.46. The van der Waals surface area contributed by atoms with Crippen molar-refractivity contribution < 1.29 is 9.47 Å². The summed E-state index contributed by atoms with van der Waals surface area (Å²) in [4.78, 5) is 2.55. The zero-order chi connectivity index (χ0) is 15.4. The molecule has 3 unspecified atom stereocenters. The molecule has 1 aromatic carbocycles. The molecule has 2 N–H and O–H groups in total. The SMILES string of the molecule is CCC1CCC(C)N1CC(N)c1ccc(OC)cc1OC. The van der Waals surface area contributed by atoms with Crippen molar-refractivity contribution in [3.05, 3.63) is 23.8 Å². The topological polar surface area (TPSA) is 47.7 Å². The highest BCUT2D eigenvalue weighted by atomic mass is 16.5. The number of benzene rings is 1. The second-order valence-corrected chi connectivity index (χ2v) is 5.90. The molecule has 0 aliphatic carbocycles. The van der Waals surface area contributed by atoms with Gasteiger partial charge in [0.2, 0.25) is 0 Å². The van der Waals surface area contributed by atoms with Crippen molar-refractivity contribution in [2.24, 2.45) is 5.73 Å². The fraction of sp³-hybridized carbons (Fsp3) is 0.647. The first-order valence-corrected chi connectivity index (χ1v) is 7.83. The van der Waals surface area contributed by atoms with Crippen LogP contribution < -0.4 is 15.2 Å². The summed E-state index contributed by atoms with van der Waals surface area (Å²) in [5.41, 5.74) is 7.51. The monoisotopic (exact) mass is 292 g/mol. The predicted molar refractivity (Wildman–Crippen MR) is 86.0 cm³/mol. The number of methoxy groups -OCH3 is 2. The van der Waals surface area contributed by atoms with Gasteiger partial charge in [0.05, 0.1) is 14.2 Å². The number of nitrogens with zero attached hydrogens (tertiary/aromatic N) is 1. The smallest absolute Gasteiger partial charge is 0.127 e. The molecule has 1 fully saturated rings. The van der Waals surface area contributed by atoms with Crippen LogP contribution in [0.5, 0.6) is 11.5 Å². The first-order valence-electron chi connectivity index (χ1n) is 7.83.